The van der Waals surface area contributed by atoms with Crippen molar-refractivity contribution in [3.8, 4) is 22.4 Å². The van der Waals surface area contributed by atoms with E-state index in [0.29, 0.717) is 40.6 Å². The molecule has 1 aliphatic heterocycles. The van der Waals surface area contributed by atoms with Crippen molar-refractivity contribution in [2.75, 3.05) is 25.6 Å². The number of carbonyl (C=O) groups excluding carboxylic acids is 2. The van der Waals surface area contributed by atoms with Crippen LogP contribution in [0.25, 0.3) is 22.4 Å². The van der Waals surface area contributed by atoms with E-state index in [1.54, 1.807) is 16.7 Å². The van der Waals surface area contributed by atoms with E-state index in [4.69, 9.17) is 4.74 Å². The fraction of sp³-hybridized carbons (Fsp3) is 0.207. The van der Waals surface area contributed by atoms with Crippen LogP contribution in [0.15, 0.2) is 60.8 Å². The first-order valence-corrected chi connectivity index (χ1v) is 12.5. The number of anilines is 1. The Labute approximate surface area is 231 Å². The molecule has 0 spiro atoms. The van der Waals surface area contributed by atoms with Gasteiger partial charge in [-0.3, -0.25) is 9.59 Å². The Kier molecular flexibility index (Phi) is 7.59. The van der Waals surface area contributed by atoms with Crippen LogP contribution >= 0.6 is 0 Å². The number of hydrogen-bond acceptors (Lipinski definition) is 4. The van der Waals surface area contributed by atoms with Crippen molar-refractivity contribution >= 4 is 17.6 Å². The van der Waals surface area contributed by atoms with E-state index in [-0.39, 0.29) is 36.6 Å². The van der Waals surface area contributed by atoms with Gasteiger partial charge in [0.2, 0.25) is 0 Å². The van der Waals surface area contributed by atoms with E-state index >= 15 is 4.39 Å². The molecule has 0 radical (unpaired) electrons. The lowest BCUT2D eigenvalue weighted by Crippen LogP contribution is -2.32. The normalized spacial score (nSPS) is 13.1. The summed E-state index contributed by atoms with van der Waals surface area (Å²) in [5.41, 5.74) is 1.47. The number of amides is 2. The third-order valence-corrected chi connectivity index (χ3v) is 6.66. The number of alkyl halides is 3. The van der Waals surface area contributed by atoms with E-state index in [1.165, 1.54) is 37.6 Å². The second-order valence-electron chi connectivity index (χ2n) is 9.36. The van der Waals surface area contributed by atoms with Crippen LogP contribution in [-0.2, 0) is 28.7 Å². The summed E-state index contributed by atoms with van der Waals surface area (Å²) in [6.45, 7) is -0.142. The number of pyridine rings is 1. The van der Waals surface area contributed by atoms with E-state index in [1.807, 2.05) is 0 Å². The molecule has 5 rings (SSSR count). The van der Waals surface area contributed by atoms with Gasteiger partial charge in [-0.05, 0) is 42.0 Å². The summed E-state index contributed by atoms with van der Waals surface area (Å²) in [6.07, 6.45) is -2.94. The number of halogens is 5. The van der Waals surface area contributed by atoms with Gasteiger partial charge >= 0.3 is 6.18 Å². The predicted octanol–water partition coefficient (Wildman–Crippen LogP) is 5.43. The highest BCUT2D eigenvalue weighted by Gasteiger charge is 2.33. The lowest BCUT2D eigenvalue weighted by Gasteiger charge is -2.18. The van der Waals surface area contributed by atoms with Gasteiger partial charge in [0.25, 0.3) is 11.8 Å². The van der Waals surface area contributed by atoms with Gasteiger partial charge in [0.15, 0.2) is 0 Å². The van der Waals surface area contributed by atoms with E-state index in [0.717, 1.165) is 12.1 Å². The first-order chi connectivity index (χ1) is 19.6. The summed E-state index contributed by atoms with van der Waals surface area (Å²) in [6, 6.07) is 11.0. The Bertz CT molecular complexity index is 1630. The van der Waals surface area contributed by atoms with Gasteiger partial charge in [-0.1, -0.05) is 18.2 Å². The number of aromatic nitrogens is 2. The van der Waals surface area contributed by atoms with E-state index in [9.17, 15) is 27.2 Å². The summed E-state index contributed by atoms with van der Waals surface area (Å²) < 4.78 is 75.0. The number of methoxy groups -OCH3 is 1. The van der Waals surface area contributed by atoms with E-state index in [2.05, 4.69) is 15.6 Å². The molecule has 4 aromatic rings. The minimum absolute atomic E-state index is 0.0311. The average molecular weight is 571 g/mol. The van der Waals surface area contributed by atoms with Crippen molar-refractivity contribution < 1.29 is 36.3 Å². The Balaban J connectivity index is 1.74. The summed E-state index contributed by atoms with van der Waals surface area (Å²) in [5.74, 6) is -2.24. The number of nitrogens with zero attached hydrogens (tertiary/aromatic N) is 2. The number of rotatable bonds is 7. The first-order valence-electron chi connectivity index (χ1n) is 12.5. The number of nitrogens with one attached hydrogen (secondary N) is 2. The second kappa shape index (κ2) is 11.1. The summed E-state index contributed by atoms with van der Waals surface area (Å²) >= 11 is 0. The van der Waals surface area contributed by atoms with Gasteiger partial charge in [-0.2, -0.15) is 13.2 Å². The van der Waals surface area contributed by atoms with Gasteiger partial charge in [-0.25, -0.2) is 13.8 Å². The molecular weight excluding hydrogens is 547 g/mol. The van der Waals surface area contributed by atoms with Gasteiger partial charge in [0, 0.05) is 48.7 Å². The maximum absolute atomic E-state index is 15.1. The largest absolute Gasteiger partial charge is 0.416 e. The van der Waals surface area contributed by atoms with Gasteiger partial charge in [0.05, 0.1) is 23.4 Å². The SMILES string of the molecule is COCC(=O)Nc1cc(-c2c(-c3ccc(F)cc3)c3c(n2Cc2ccc(C(F)(F)F)cc2F)CCNC3=O)ccn1. The molecular formula is C29H23F5N4O3. The molecule has 7 nitrogen and oxygen atoms in total. The molecule has 2 aromatic carbocycles. The number of fused-ring (bicyclic) bond motifs is 1. The minimum Gasteiger partial charge on any atom is -0.375 e. The van der Waals surface area contributed by atoms with E-state index < -0.39 is 35.2 Å². The van der Waals surface area contributed by atoms with Crippen molar-refractivity contribution in [1.29, 1.82) is 0 Å². The fourth-order valence-electron chi connectivity index (χ4n) is 4.91. The number of benzene rings is 2. The van der Waals surface area contributed by atoms with Gasteiger partial charge < -0.3 is 19.9 Å². The van der Waals surface area contributed by atoms with Crippen molar-refractivity contribution in [2.24, 2.45) is 0 Å². The lowest BCUT2D eigenvalue weighted by atomic mass is 9.95. The molecule has 0 saturated carbocycles. The predicted molar refractivity (Wildman–Crippen MR) is 140 cm³/mol. The zero-order chi connectivity index (χ0) is 29.3. The monoisotopic (exact) mass is 570 g/mol. The Hall–Kier alpha value is -4.58. The molecule has 1 aliphatic rings. The second-order valence-corrected chi connectivity index (χ2v) is 9.36. The van der Waals surface area contributed by atoms with Crippen LogP contribution in [0.2, 0.25) is 0 Å². The molecule has 0 fully saturated rings. The van der Waals surface area contributed by atoms with Crippen molar-refractivity contribution in [1.82, 2.24) is 14.9 Å². The third kappa shape index (κ3) is 5.68. The molecule has 2 amide bonds. The molecule has 3 heterocycles. The topological polar surface area (TPSA) is 85.2 Å². The van der Waals surface area contributed by atoms with Crippen LogP contribution in [0.1, 0.15) is 27.2 Å². The highest BCUT2D eigenvalue weighted by molar-refractivity contribution is 6.07. The van der Waals surface area contributed by atoms with Crippen molar-refractivity contribution in [3.05, 3.63) is 94.8 Å². The van der Waals surface area contributed by atoms with Crippen LogP contribution in [0.3, 0.4) is 0 Å². The quantitative estimate of drug-likeness (QED) is 0.290. The molecule has 2 N–H and O–H groups in total. The molecule has 41 heavy (non-hydrogen) atoms. The molecule has 212 valence electrons. The van der Waals surface area contributed by atoms with Crippen LogP contribution in [0.4, 0.5) is 27.8 Å². The highest BCUT2D eigenvalue weighted by atomic mass is 19.4. The lowest BCUT2D eigenvalue weighted by molar-refractivity contribution is -0.137. The average Bonchev–Trinajstić information content (AvgIpc) is 3.25. The van der Waals surface area contributed by atoms with Crippen molar-refractivity contribution in [3.63, 3.8) is 0 Å². The van der Waals surface area contributed by atoms with Crippen molar-refractivity contribution in [2.45, 2.75) is 19.1 Å². The molecule has 0 bridgehead atoms. The molecule has 0 atom stereocenters. The minimum atomic E-state index is -4.72. The number of hydrogen-bond donors (Lipinski definition) is 2. The first kappa shape index (κ1) is 28.0. The maximum atomic E-state index is 15.1. The standard InChI is InChI=1S/C29H23F5N4O3/c1-41-15-24(39)37-23-12-17(8-10-35-23)27-25(16-3-6-20(30)7-4-16)26-22(9-11-36-28(26)40)38(27)14-18-2-5-19(13-21(18)31)29(32,33)34/h2-8,10,12-13H,9,11,14-15H2,1H3,(H,36,40)(H,35,37,39). The Morgan fingerprint density at radius 2 is 1.80 bits per heavy atom. The highest BCUT2D eigenvalue weighted by Crippen LogP contribution is 2.42. The summed E-state index contributed by atoms with van der Waals surface area (Å²) in [5, 5.41) is 5.40. The van der Waals surface area contributed by atoms with Gasteiger partial charge in [-0.15, -0.1) is 0 Å². The molecule has 0 unspecified atom stereocenters. The number of ether oxygens (including phenoxy) is 1. The molecule has 2 aromatic heterocycles. The van der Waals surface area contributed by atoms with Crippen LogP contribution < -0.4 is 10.6 Å². The maximum Gasteiger partial charge on any atom is 0.416 e. The summed E-state index contributed by atoms with van der Waals surface area (Å²) in [4.78, 5) is 29.5. The molecule has 0 saturated heterocycles. The Morgan fingerprint density at radius 3 is 2.49 bits per heavy atom. The molecule has 12 heteroatoms. The summed E-state index contributed by atoms with van der Waals surface area (Å²) in [7, 11) is 1.36. The third-order valence-electron chi connectivity index (χ3n) is 6.66. The van der Waals surface area contributed by atoms with Crippen LogP contribution in [-0.4, -0.2) is 41.6 Å². The number of carbonyl (C=O) groups is 2. The zero-order valence-electron chi connectivity index (χ0n) is 21.6. The van der Waals surface area contributed by atoms with Crippen LogP contribution in [0.5, 0.6) is 0 Å². The Morgan fingerprint density at radius 1 is 1.05 bits per heavy atom. The zero-order valence-corrected chi connectivity index (χ0v) is 21.6. The fourth-order valence-corrected chi connectivity index (χ4v) is 4.91. The van der Waals surface area contributed by atoms with Gasteiger partial charge in [0.1, 0.15) is 24.1 Å². The van der Waals surface area contributed by atoms with Crippen LogP contribution in [0, 0.1) is 11.6 Å². The molecule has 0 aliphatic carbocycles. The smallest absolute Gasteiger partial charge is 0.375 e.